The number of halogens is 1. The van der Waals surface area contributed by atoms with E-state index >= 15 is 0 Å². The summed E-state index contributed by atoms with van der Waals surface area (Å²) in [5.41, 5.74) is 0.506. The van der Waals surface area contributed by atoms with E-state index in [1.807, 2.05) is 11.8 Å². The van der Waals surface area contributed by atoms with E-state index in [2.05, 4.69) is 5.32 Å². The normalized spacial score (nSPS) is 20.2. The predicted octanol–water partition coefficient (Wildman–Crippen LogP) is 1.16. The van der Waals surface area contributed by atoms with Crippen molar-refractivity contribution in [3.05, 3.63) is 35.6 Å². The first-order chi connectivity index (χ1) is 9.15. The van der Waals surface area contributed by atoms with Crippen LogP contribution in [0.1, 0.15) is 12.5 Å². The van der Waals surface area contributed by atoms with E-state index in [4.69, 9.17) is 4.74 Å². The lowest BCUT2D eigenvalue weighted by molar-refractivity contribution is -0.124. The first-order valence-corrected chi connectivity index (χ1v) is 6.49. The van der Waals surface area contributed by atoms with Gasteiger partial charge in [0.25, 0.3) is 0 Å². The lowest BCUT2D eigenvalue weighted by Gasteiger charge is -2.30. The molecular weight excluding hydrogens is 247 g/mol. The molecule has 1 heterocycles. The number of benzene rings is 1. The summed E-state index contributed by atoms with van der Waals surface area (Å²) in [6, 6.07) is 6.46. The molecule has 0 aromatic heterocycles. The molecule has 1 aliphatic heterocycles. The molecule has 1 atom stereocenters. The average Bonchev–Trinajstić information content (AvgIpc) is 2.38. The zero-order chi connectivity index (χ0) is 13.7. The highest BCUT2D eigenvalue weighted by atomic mass is 19.1. The zero-order valence-electron chi connectivity index (χ0n) is 11.1. The third kappa shape index (κ3) is 4.29. The largest absolute Gasteiger partial charge is 0.376 e. The summed E-state index contributed by atoms with van der Waals surface area (Å²) in [5, 5.41) is 2.74. The Morgan fingerprint density at radius 1 is 1.53 bits per heavy atom. The SMILES string of the molecule is C[C@H]1CN(CC(=O)NCc2ccccc2F)CCO1. The molecule has 0 bridgehead atoms. The Labute approximate surface area is 112 Å². The van der Waals surface area contributed by atoms with Gasteiger partial charge in [-0.25, -0.2) is 4.39 Å². The fourth-order valence-corrected chi connectivity index (χ4v) is 2.13. The second-order valence-electron chi connectivity index (χ2n) is 4.78. The molecule has 1 aromatic rings. The van der Waals surface area contributed by atoms with Crippen LogP contribution in [-0.4, -0.2) is 43.2 Å². The van der Waals surface area contributed by atoms with Crippen LogP contribution in [0.4, 0.5) is 4.39 Å². The molecule has 5 heteroatoms. The lowest BCUT2D eigenvalue weighted by Crippen LogP contribution is -2.45. The van der Waals surface area contributed by atoms with Crippen molar-refractivity contribution in [2.45, 2.75) is 19.6 Å². The van der Waals surface area contributed by atoms with Crippen LogP contribution >= 0.6 is 0 Å². The summed E-state index contributed by atoms with van der Waals surface area (Å²) in [7, 11) is 0. The van der Waals surface area contributed by atoms with Crippen LogP contribution in [0.5, 0.6) is 0 Å². The van der Waals surface area contributed by atoms with Gasteiger partial charge in [-0.2, -0.15) is 0 Å². The van der Waals surface area contributed by atoms with Gasteiger partial charge in [-0.15, -0.1) is 0 Å². The van der Waals surface area contributed by atoms with Crippen LogP contribution in [-0.2, 0) is 16.1 Å². The van der Waals surface area contributed by atoms with Crippen LogP contribution in [0.25, 0.3) is 0 Å². The predicted molar refractivity (Wildman–Crippen MR) is 70.1 cm³/mol. The molecule has 104 valence electrons. The van der Waals surface area contributed by atoms with Gasteiger partial charge in [-0.3, -0.25) is 9.69 Å². The van der Waals surface area contributed by atoms with E-state index in [9.17, 15) is 9.18 Å². The number of hydrogen-bond acceptors (Lipinski definition) is 3. The van der Waals surface area contributed by atoms with Gasteiger partial charge in [0, 0.05) is 25.2 Å². The minimum atomic E-state index is -0.289. The summed E-state index contributed by atoms with van der Waals surface area (Å²) in [4.78, 5) is 13.8. The van der Waals surface area contributed by atoms with Crippen molar-refractivity contribution in [3.8, 4) is 0 Å². The van der Waals surface area contributed by atoms with Crippen molar-refractivity contribution in [3.63, 3.8) is 0 Å². The molecule has 0 unspecified atom stereocenters. The summed E-state index contributed by atoms with van der Waals surface area (Å²) in [5.74, 6) is -0.375. The maximum absolute atomic E-state index is 13.4. The number of amides is 1. The standard InChI is InChI=1S/C14H19FN2O2/c1-11-9-17(6-7-19-11)10-14(18)16-8-12-4-2-3-5-13(12)15/h2-5,11H,6-10H2,1H3,(H,16,18)/t11-/m0/s1. The topological polar surface area (TPSA) is 41.6 Å². The van der Waals surface area contributed by atoms with Crippen molar-refractivity contribution >= 4 is 5.91 Å². The molecule has 19 heavy (non-hydrogen) atoms. The quantitative estimate of drug-likeness (QED) is 0.889. The van der Waals surface area contributed by atoms with Crippen molar-refractivity contribution in [2.24, 2.45) is 0 Å². The van der Waals surface area contributed by atoms with Gasteiger partial charge < -0.3 is 10.1 Å². The van der Waals surface area contributed by atoms with Gasteiger partial charge in [0.05, 0.1) is 19.3 Å². The smallest absolute Gasteiger partial charge is 0.234 e. The van der Waals surface area contributed by atoms with Crippen molar-refractivity contribution < 1.29 is 13.9 Å². The Balaban J connectivity index is 1.77. The van der Waals surface area contributed by atoms with Crippen molar-refractivity contribution in [1.29, 1.82) is 0 Å². The molecule has 0 saturated carbocycles. The van der Waals surface area contributed by atoms with E-state index in [0.717, 1.165) is 13.1 Å². The third-order valence-corrected chi connectivity index (χ3v) is 3.13. The second kappa shape index (κ2) is 6.63. The molecule has 1 N–H and O–H groups in total. The van der Waals surface area contributed by atoms with E-state index in [0.29, 0.717) is 18.7 Å². The van der Waals surface area contributed by atoms with Crippen molar-refractivity contribution in [1.82, 2.24) is 10.2 Å². The van der Waals surface area contributed by atoms with Crippen LogP contribution in [0, 0.1) is 5.82 Å². The Kier molecular flexibility index (Phi) is 4.87. The highest BCUT2D eigenvalue weighted by Gasteiger charge is 2.18. The molecule has 1 fully saturated rings. The Bertz CT molecular complexity index is 439. The highest BCUT2D eigenvalue weighted by Crippen LogP contribution is 2.06. The van der Waals surface area contributed by atoms with Gasteiger partial charge in [-0.1, -0.05) is 18.2 Å². The van der Waals surface area contributed by atoms with Gasteiger partial charge in [0.15, 0.2) is 0 Å². The zero-order valence-corrected chi connectivity index (χ0v) is 11.1. The van der Waals surface area contributed by atoms with E-state index < -0.39 is 0 Å². The molecule has 0 aliphatic carbocycles. The molecule has 1 saturated heterocycles. The van der Waals surface area contributed by atoms with E-state index in [1.54, 1.807) is 18.2 Å². The van der Waals surface area contributed by atoms with Crippen LogP contribution < -0.4 is 5.32 Å². The van der Waals surface area contributed by atoms with Crippen molar-refractivity contribution in [2.75, 3.05) is 26.2 Å². The maximum Gasteiger partial charge on any atom is 0.234 e. The number of nitrogens with zero attached hydrogens (tertiary/aromatic N) is 1. The van der Waals surface area contributed by atoms with Gasteiger partial charge in [-0.05, 0) is 13.0 Å². The number of carbonyl (C=O) groups excluding carboxylic acids is 1. The van der Waals surface area contributed by atoms with Gasteiger partial charge in [0.1, 0.15) is 5.82 Å². The summed E-state index contributed by atoms with van der Waals surface area (Å²) >= 11 is 0. The van der Waals surface area contributed by atoms with Crippen LogP contribution in [0.2, 0.25) is 0 Å². The van der Waals surface area contributed by atoms with Crippen LogP contribution in [0.15, 0.2) is 24.3 Å². The number of hydrogen-bond donors (Lipinski definition) is 1. The number of carbonyl (C=O) groups is 1. The fourth-order valence-electron chi connectivity index (χ4n) is 2.13. The number of ether oxygens (including phenoxy) is 1. The monoisotopic (exact) mass is 266 g/mol. The van der Waals surface area contributed by atoms with E-state index in [1.165, 1.54) is 6.07 Å². The first-order valence-electron chi connectivity index (χ1n) is 6.49. The van der Waals surface area contributed by atoms with Gasteiger partial charge >= 0.3 is 0 Å². The van der Waals surface area contributed by atoms with Gasteiger partial charge in [0.2, 0.25) is 5.91 Å². The maximum atomic E-state index is 13.4. The summed E-state index contributed by atoms with van der Waals surface area (Å²) in [6.07, 6.45) is 0.160. The molecule has 2 rings (SSSR count). The number of nitrogens with one attached hydrogen (secondary N) is 1. The molecule has 1 aromatic carbocycles. The number of morpholine rings is 1. The second-order valence-corrected chi connectivity index (χ2v) is 4.78. The molecule has 1 aliphatic rings. The molecule has 0 radical (unpaired) electrons. The Hall–Kier alpha value is -1.46. The van der Waals surface area contributed by atoms with Crippen LogP contribution in [0.3, 0.4) is 0 Å². The Morgan fingerprint density at radius 3 is 3.05 bits per heavy atom. The van der Waals surface area contributed by atoms with E-state index in [-0.39, 0.29) is 24.4 Å². The number of rotatable bonds is 4. The minimum absolute atomic E-state index is 0.0858. The molecule has 1 amide bonds. The molecule has 4 nitrogen and oxygen atoms in total. The molecule has 0 spiro atoms. The summed E-state index contributed by atoms with van der Waals surface area (Å²) < 4.78 is 18.8. The molecular formula is C14H19FN2O2. The highest BCUT2D eigenvalue weighted by molar-refractivity contribution is 5.78. The Morgan fingerprint density at radius 2 is 2.32 bits per heavy atom. The fraction of sp³-hybridized carbons (Fsp3) is 0.500. The average molecular weight is 266 g/mol. The minimum Gasteiger partial charge on any atom is -0.376 e. The third-order valence-electron chi connectivity index (χ3n) is 3.13. The summed E-state index contributed by atoms with van der Waals surface area (Å²) in [6.45, 7) is 4.73. The first kappa shape index (κ1) is 14.0. The lowest BCUT2D eigenvalue weighted by atomic mass is 10.2.